The highest BCUT2D eigenvalue weighted by atomic mass is 35.5. The van der Waals surface area contributed by atoms with E-state index in [-0.39, 0.29) is 5.91 Å². The molecule has 0 saturated heterocycles. The molecule has 5 nitrogen and oxygen atoms in total. The van der Waals surface area contributed by atoms with E-state index in [9.17, 15) is 4.79 Å². The molecule has 2 N–H and O–H groups in total. The second kappa shape index (κ2) is 6.85. The van der Waals surface area contributed by atoms with Gasteiger partial charge < -0.3 is 10.6 Å². The molecule has 0 atom stereocenters. The Morgan fingerprint density at radius 2 is 2.05 bits per heavy atom. The zero-order valence-corrected chi connectivity index (χ0v) is 12.3. The summed E-state index contributed by atoms with van der Waals surface area (Å²) >= 11 is 5.81. The summed E-state index contributed by atoms with van der Waals surface area (Å²) in [4.78, 5) is 20.5. The summed E-state index contributed by atoms with van der Waals surface area (Å²) in [5.74, 6) is 0.804. The van der Waals surface area contributed by atoms with E-state index >= 15 is 0 Å². The highest BCUT2D eigenvalue weighted by Crippen LogP contribution is 2.15. The van der Waals surface area contributed by atoms with Gasteiger partial charge in [-0.15, -0.1) is 6.58 Å². The Kier molecular flexibility index (Phi) is 4.90. The topological polar surface area (TPSA) is 66.9 Å². The third kappa shape index (κ3) is 4.29. The summed E-state index contributed by atoms with van der Waals surface area (Å²) in [5.41, 5.74) is 0.949. The summed E-state index contributed by atoms with van der Waals surface area (Å²) in [6, 6.07) is 8.47. The van der Waals surface area contributed by atoms with E-state index in [4.69, 9.17) is 11.6 Å². The summed E-state index contributed by atoms with van der Waals surface area (Å²) in [7, 11) is 0. The quantitative estimate of drug-likeness (QED) is 0.832. The van der Waals surface area contributed by atoms with Crippen LogP contribution < -0.4 is 10.6 Å². The predicted molar refractivity (Wildman–Crippen MR) is 84.9 cm³/mol. The summed E-state index contributed by atoms with van der Waals surface area (Å²) in [6.07, 6.45) is 1.71. The second-order valence-electron chi connectivity index (χ2n) is 4.32. The van der Waals surface area contributed by atoms with Crippen LogP contribution in [0.2, 0.25) is 5.02 Å². The Morgan fingerprint density at radius 1 is 1.33 bits per heavy atom. The zero-order valence-electron chi connectivity index (χ0n) is 11.6. The summed E-state index contributed by atoms with van der Waals surface area (Å²) in [5, 5.41) is 6.41. The number of benzene rings is 1. The number of rotatable bonds is 5. The lowest BCUT2D eigenvalue weighted by atomic mass is 10.3. The first-order valence-corrected chi connectivity index (χ1v) is 6.73. The number of halogens is 1. The molecule has 108 valence electrons. The van der Waals surface area contributed by atoms with E-state index in [1.54, 1.807) is 43.3 Å². The van der Waals surface area contributed by atoms with Gasteiger partial charge >= 0.3 is 0 Å². The largest absolute Gasteiger partial charge is 0.366 e. The second-order valence-corrected chi connectivity index (χ2v) is 4.75. The minimum absolute atomic E-state index is 0.295. The standard InChI is InChI=1S/C15H15ClN4O/c1-3-8-17-14-9-13(18-10(2)19-14)15(21)20-12-6-4-11(16)5-7-12/h3-7,9H,1,8H2,2H3,(H,20,21)(H,17,18,19). The van der Waals surface area contributed by atoms with Crippen molar-refractivity contribution in [3.05, 3.63) is 59.5 Å². The molecule has 0 radical (unpaired) electrons. The Morgan fingerprint density at radius 3 is 2.71 bits per heavy atom. The molecular formula is C15H15ClN4O. The molecule has 2 rings (SSSR count). The number of carbonyl (C=O) groups excluding carboxylic acids is 1. The fraction of sp³-hybridized carbons (Fsp3) is 0.133. The fourth-order valence-corrected chi connectivity index (χ4v) is 1.81. The maximum atomic E-state index is 12.2. The molecule has 0 fully saturated rings. The van der Waals surface area contributed by atoms with Gasteiger partial charge in [-0.2, -0.15) is 0 Å². The fourth-order valence-electron chi connectivity index (χ4n) is 1.68. The SMILES string of the molecule is C=CCNc1cc(C(=O)Nc2ccc(Cl)cc2)nc(C)n1. The first kappa shape index (κ1) is 15.0. The van der Waals surface area contributed by atoms with Crippen LogP contribution in [0.5, 0.6) is 0 Å². The summed E-state index contributed by atoms with van der Waals surface area (Å²) in [6.45, 7) is 5.92. The van der Waals surface area contributed by atoms with Crippen molar-refractivity contribution in [1.29, 1.82) is 0 Å². The molecule has 6 heteroatoms. The van der Waals surface area contributed by atoms with Crippen molar-refractivity contribution in [3.63, 3.8) is 0 Å². The molecule has 0 spiro atoms. The molecule has 0 bridgehead atoms. The number of hydrogen-bond acceptors (Lipinski definition) is 4. The summed E-state index contributed by atoms with van der Waals surface area (Å²) < 4.78 is 0. The van der Waals surface area contributed by atoms with Crippen molar-refractivity contribution in [1.82, 2.24) is 9.97 Å². The molecular weight excluding hydrogens is 288 g/mol. The number of carbonyl (C=O) groups is 1. The monoisotopic (exact) mass is 302 g/mol. The normalized spacial score (nSPS) is 10.0. The van der Waals surface area contributed by atoms with Crippen LogP contribution in [-0.2, 0) is 0 Å². The smallest absolute Gasteiger partial charge is 0.274 e. The van der Waals surface area contributed by atoms with Crippen molar-refractivity contribution < 1.29 is 4.79 Å². The van der Waals surface area contributed by atoms with Crippen LogP contribution in [0.4, 0.5) is 11.5 Å². The molecule has 0 aliphatic rings. The van der Waals surface area contributed by atoms with Gasteiger partial charge in [0.2, 0.25) is 0 Å². The van der Waals surface area contributed by atoms with Crippen molar-refractivity contribution in [2.75, 3.05) is 17.2 Å². The van der Waals surface area contributed by atoms with E-state index < -0.39 is 0 Å². The molecule has 1 aromatic heterocycles. The van der Waals surface area contributed by atoms with Crippen LogP contribution in [0.15, 0.2) is 43.0 Å². The number of nitrogens with one attached hydrogen (secondary N) is 2. The molecule has 2 aromatic rings. The third-order valence-corrected chi connectivity index (χ3v) is 2.85. The maximum Gasteiger partial charge on any atom is 0.274 e. The van der Waals surface area contributed by atoms with Gasteiger partial charge in [-0.25, -0.2) is 9.97 Å². The maximum absolute atomic E-state index is 12.2. The van der Waals surface area contributed by atoms with E-state index in [0.717, 1.165) is 0 Å². The molecule has 1 heterocycles. The Labute approximate surface area is 128 Å². The molecule has 1 aromatic carbocycles. The number of amides is 1. The van der Waals surface area contributed by atoms with Gasteiger partial charge in [0.1, 0.15) is 17.3 Å². The van der Waals surface area contributed by atoms with Crippen LogP contribution in [0.3, 0.4) is 0 Å². The zero-order chi connectivity index (χ0) is 15.2. The number of nitrogens with zero attached hydrogens (tertiary/aromatic N) is 2. The minimum Gasteiger partial charge on any atom is -0.366 e. The molecule has 0 saturated carbocycles. The van der Waals surface area contributed by atoms with Crippen LogP contribution in [0.1, 0.15) is 16.3 Å². The molecule has 0 aliphatic heterocycles. The van der Waals surface area contributed by atoms with Gasteiger partial charge in [0.25, 0.3) is 5.91 Å². The van der Waals surface area contributed by atoms with Crippen molar-refractivity contribution >= 4 is 29.0 Å². The van der Waals surface area contributed by atoms with Gasteiger partial charge in [-0.05, 0) is 31.2 Å². The first-order chi connectivity index (χ1) is 10.1. The Hall–Kier alpha value is -2.40. The Balaban J connectivity index is 2.16. The predicted octanol–water partition coefficient (Wildman–Crippen LogP) is 3.29. The number of aryl methyl sites for hydroxylation is 1. The van der Waals surface area contributed by atoms with E-state index in [1.165, 1.54) is 0 Å². The van der Waals surface area contributed by atoms with Crippen LogP contribution in [0.25, 0.3) is 0 Å². The third-order valence-electron chi connectivity index (χ3n) is 2.60. The van der Waals surface area contributed by atoms with Gasteiger partial charge in [0.05, 0.1) is 0 Å². The highest BCUT2D eigenvalue weighted by Gasteiger charge is 2.10. The molecule has 1 amide bonds. The highest BCUT2D eigenvalue weighted by molar-refractivity contribution is 6.30. The minimum atomic E-state index is -0.301. The molecule has 0 unspecified atom stereocenters. The number of aromatic nitrogens is 2. The molecule has 21 heavy (non-hydrogen) atoms. The van der Waals surface area contributed by atoms with Crippen molar-refractivity contribution in [2.24, 2.45) is 0 Å². The van der Waals surface area contributed by atoms with Gasteiger partial charge in [-0.1, -0.05) is 17.7 Å². The lowest BCUT2D eigenvalue weighted by Gasteiger charge is -2.08. The van der Waals surface area contributed by atoms with Crippen LogP contribution >= 0.6 is 11.6 Å². The number of hydrogen-bond donors (Lipinski definition) is 2. The van der Waals surface area contributed by atoms with Crippen LogP contribution in [-0.4, -0.2) is 22.4 Å². The molecule has 0 aliphatic carbocycles. The van der Waals surface area contributed by atoms with Crippen molar-refractivity contribution in [3.8, 4) is 0 Å². The van der Waals surface area contributed by atoms with Gasteiger partial charge in [-0.3, -0.25) is 4.79 Å². The van der Waals surface area contributed by atoms with Crippen LogP contribution in [0, 0.1) is 6.92 Å². The van der Waals surface area contributed by atoms with E-state index in [0.29, 0.717) is 34.6 Å². The number of anilines is 2. The van der Waals surface area contributed by atoms with Crippen molar-refractivity contribution in [2.45, 2.75) is 6.92 Å². The average molecular weight is 303 g/mol. The van der Waals surface area contributed by atoms with Gasteiger partial charge in [0, 0.05) is 23.3 Å². The van der Waals surface area contributed by atoms with Gasteiger partial charge in [0.15, 0.2) is 0 Å². The van der Waals surface area contributed by atoms with E-state index in [1.807, 2.05) is 0 Å². The average Bonchev–Trinajstić information content (AvgIpc) is 2.47. The Bertz CT molecular complexity index is 655. The lowest BCUT2D eigenvalue weighted by molar-refractivity contribution is 0.102. The first-order valence-electron chi connectivity index (χ1n) is 6.36. The lowest BCUT2D eigenvalue weighted by Crippen LogP contribution is -2.15. The van der Waals surface area contributed by atoms with E-state index in [2.05, 4.69) is 27.2 Å².